The molecule has 4 rings (SSSR count). The van der Waals surface area contributed by atoms with Crippen molar-refractivity contribution in [1.82, 2.24) is 18.7 Å². The zero-order valence-electron chi connectivity index (χ0n) is 12.2. The Balaban J connectivity index is 2.04. The quantitative estimate of drug-likeness (QED) is 0.497. The first-order valence-electron chi connectivity index (χ1n) is 6.93. The molecule has 2 heterocycles. The Morgan fingerprint density at radius 2 is 0.920 bits per heavy atom. The molecule has 0 saturated carbocycles. The largest absolute Gasteiger partial charge is 0.222 e. The van der Waals surface area contributed by atoms with E-state index in [0.29, 0.717) is 12.1 Å². The van der Waals surface area contributed by atoms with Gasteiger partial charge in [0, 0.05) is 23.3 Å². The summed E-state index contributed by atoms with van der Waals surface area (Å²) in [6.07, 6.45) is 0. The molecule has 0 fully saturated rings. The highest BCUT2D eigenvalue weighted by Gasteiger charge is 2.18. The van der Waals surface area contributed by atoms with Gasteiger partial charge in [-0.2, -0.15) is 8.75 Å². The molecule has 124 valence electrons. The maximum Gasteiger partial charge on any atom is 0.213 e. The molecule has 4 nitrogen and oxygen atoms in total. The van der Waals surface area contributed by atoms with Gasteiger partial charge in [-0.1, -0.05) is 0 Å². The normalized spacial score (nSPS) is 11.2. The Morgan fingerprint density at radius 3 is 1.28 bits per heavy atom. The maximum atomic E-state index is 13.6. The van der Waals surface area contributed by atoms with Crippen LogP contribution < -0.4 is 0 Å². The molecule has 0 saturated heterocycles. The Bertz CT molecular complexity index is 987. The molecule has 2 aromatic carbocycles. The molecule has 0 bridgehead atoms. The van der Waals surface area contributed by atoms with E-state index in [2.05, 4.69) is 18.7 Å². The molecule has 0 aliphatic rings. The third-order valence-corrected chi connectivity index (χ3v) is 3.90. The second kappa shape index (κ2) is 5.85. The molecule has 0 N–H and O–H groups in total. The Labute approximate surface area is 142 Å². The summed E-state index contributed by atoms with van der Waals surface area (Å²) in [6, 6.07) is 5.63. The fraction of sp³-hybridized carbons (Fsp3) is 0. The van der Waals surface area contributed by atoms with Crippen LogP contribution in [0.5, 0.6) is 0 Å². The maximum absolute atomic E-state index is 13.6. The second-order valence-electron chi connectivity index (χ2n) is 5.15. The van der Waals surface area contributed by atoms with E-state index in [0.717, 1.165) is 36.0 Å². The first-order chi connectivity index (χ1) is 12.0. The number of halogens is 4. The predicted molar refractivity (Wildman–Crippen MR) is 83.7 cm³/mol. The van der Waals surface area contributed by atoms with Gasteiger partial charge in [-0.3, -0.25) is 0 Å². The van der Waals surface area contributed by atoms with Crippen LogP contribution in [0, 0.1) is 23.3 Å². The second-order valence-corrected chi connectivity index (χ2v) is 5.68. The summed E-state index contributed by atoms with van der Waals surface area (Å²) >= 11 is 0.852. The van der Waals surface area contributed by atoms with Crippen LogP contribution >= 0.6 is 11.7 Å². The van der Waals surface area contributed by atoms with Gasteiger partial charge in [0.1, 0.15) is 23.3 Å². The molecule has 0 spiro atoms. The van der Waals surface area contributed by atoms with E-state index < -0.39 is 23.3 Å². The van der Waals surface area contributed by atoms with Crippen LogP contribution in [-0.2, 0) is 0 Å². The van der Waals surface area contributed by atoms with Crippen molar-refractivity contribution in [3.8, 4) is 22.5 Å². The molecule has 0 amide bonds. The minimum atomic E-state index is -0.815. The molecule has 4 aromatic rings. The van der Waals surface area contributed by atoms with E-state index >= 15 is 0 Å². The number of hydrogen-bond donors (Lipinski definition) is 0. The van der Waals surface area contributed by atoms with E-state index in [1.807, 2.05) is 0 Å². The highest BCUT2D eigenvalue weighted by Crippen LogP contribution is 2.32. The van der Waals surface area contributed by atoms with Crippen LogP contribution in [0.1, 0.15) is 0 Å². The van der Waals surface area contributed by atoms with E-state index in [1.165, 1.54) is 0 Å². The van der Waals surface area contributed by atoms with Crippen molar-refractivity contribution in [1.29, 1.82) is 0 Å². The summed E-state index contributed by atoms with van der Waals surface area (Å²) in [6.45, 7) is 0. The van der Waals surface area contributed by atoms with Gasteiger partial charge in [-0.05, 0) is 24.3 Å². The number of nitrogens with zero attached hydrogens (tertiary/aromatic N) is 4. The van der Waals surface area contributed by atoms with E-state index in [9.17, 15) is 17.6 Å². The fourth-order valence-electron chi connectivity index (χ4n) is 2.42. The van der Waals surface area contributed by atoms with Crippen molar-refractivity contribution in [3.63, 3.8) is 0 Å². The van der Waals surface area contributed by atoms with Crippen LogP contribution in [0.3, 0.4) is 0 Å². The molecule has 0 atom stereocenters. The van der Waals surface area contributed by atoms with Crippen molar-refractivity contribution >= 4 is 23.0 Å². The van der Waals surface area contributed by atoms with Crippen LogP contribution in [0.15, 0.2) is 36.4 Å². The summed E-state index contributed by atoms with van der Waals surface area (Å²) in [7, 11) is 0. The Hall–Kier alpha value is -2.94. The number of hydrogen-bond acceptors (Lipinski definition) is 5. The molecular formula is C16H6F4N4S. The highest BCUT2D eigenvalue weighted by molar-refractivity contribution is 6.99. The topological polar surface area (TPSA) is 51.6 Å². The fourth-order valence-corrected chi connectivity index (χ4v) is 2.86. The first kappa shape index (κ1) is 15.6. The van der Waals surface area contributed by atoms with E-state index in [1.54, 1.807) is 0 Å². The lowest BCUT2D eigenvalue weighted by Crippen LogP contribution is -1.97. The van der Waals surface area contributed by atoms with Gasteiger partial charge in [0.25, 0.3) is 0 Å². The van der Waals surface area contributed by atoms with Crippen LogP contribution in [0.4, 0.5) is 17.6 Å². The Morgan fingerprint density at radius 1 is 0.560 bits per heavy atom. The van der Waals surface area contributed by atoms with Crippen molar-refractivity contribution in [2.75, 3.05) is 0 Å². The average Bonchev–Trinajstić information content (AvgIpc) is 2.99. The van der Waals surface area contributed by atoms with Crippen molar-refractivity contribution < 1.29 is 17.6 Å². The summed E-state index contributed by atoms with van der Waals surface area (Å²) in [4.78, 5) is 8.44. The molecule has 0 unspecified atom stereocenters. The van der Waals surface area contributed by atoms with Crippen LogP contribution in [0.25, 0.3) is 33.8 Å². The number of benzene rings is 2. The highest BCUT2D eigenvalue weighted by atomic mass is 32.1. The van der Waals surface area contributed by atoms with Crippen LogP contribution in [0.2, 0.25) is 0 Å². The standard InChI is InChI=1S/C16H6F4N4S/c17-9-1-7(2-10(18)5-9)13-14(8-3-11(19)6-12(20)4-8)22-16-15(21-13)23-25-24-16/h1-6H. The van der Waals surface area contributed by atoms with Gasteiger partial charge < -0.3 is 0 Å². The molecule has 2 aromatic heterocycles. The van der Waals surface area contributed by atoms with Crippen molar-refractivity contribution in [2.24, 2.45) is 0 Å². The molecule has 0 aliphatic heterocycles. The third kappa shape index (κ3) is 2.93. The number of fused-ring (bicyclic) bond motifs is 1. The third-order valence-electron chi connectivity index (χ3n) is 3.39. The first-order valence-corrected chi connectivity index (χ1v) is 7.66. The predicted octanol–water partition coefficient (Wildman–Crippen LogP) is 4.37. The minimum absolute atomic E-state index is 0.0450. The minimum Gasteiger partial charge on any atom is -0.222 e. The van der Waals surface area contributed by atoms with Crippen LogP contribution in [-0.4, -0.2) is 18.7 Å². The van der Waals surface area contributed by atoms with Gasteiger partial charge in [-0.25, -0.2) is 27.5 Å². The molecule has 25 heavy (non-hydrogen) atoms. The zero-order valence-corrected chi connectivity index (χ0v) is 13.0. The summed E-state index contributed by atoms with van der Waals surface area (Å²) in [5.74, 6) is -3.26. The Kier molecular flexibility index (Phi) is 3.65. The average molecular weight is 362 g/mol. The lowest BCUT2D eigenvalue weighted by Gasteiger charge is -2.09. The molecule has 0 radical (unpaired) electrons. The van der Waals surface area contributed by atoms with E-state index in [4.69, 9.17) is 0 Å². The van der Waals surface area contributed by atoms with Crippen molar-refractivity contribution in [3.05, 3.63) is 59.7 Å². The van der Waals surface area contributed by atoms with Gasteiger partial charge in [-0.15, -0.1) is 0 Å². The summed E-state index contributed by atoms with van der Waals surface area (Å²) in [5, 5.41) is 0. The van der Waals surface area contributed by atoms with Gasteiger partial charge >= 0.3 is 0 Å². The smallest absolute Gasteiger partial charge is 0.213 e. The van der Waals surface area contributed by atoms with Gasteiger partial charge in [0.2, 0.25) is 11.3 Å². The summed E-state index contributed by atoms with van der Waals surface area (Å²) in [5.41, 5.74) is 0.571. The van der Waals surface area contributed by atoms with Gasteiger partial charge in [0.05, 0.1) is 23.1 Å². The van der Waals surface area contributed by atoms with Crippen molar-refractivity contribution in [2.45, 2.75) is 0 Å². The van der Waals surface area contributed by atoms with Gasteiger partial charge in [0.15, 0.2) is 0 Å². The molecule has 9 heteroatoms. The number of rotatable bonds is 2. The zero-order chi connectivity index (χ0) is 17.6. The lowest BCUT2D eigenvalue weighted by molar-refractivity contribution is 0.583. The monoisotopic (exact) mass is 362 g/mol. The SMILES string of the molecule is Fc1cc(F)cc(-c2nc3nsnc3nc2-c2cc(F)cc(F)c2)c1. The summed E-state index contributed by atoms with van der Waals surface area (Å²) < 4.78 is 62.3. The molecule has 0 aliphatic carbocycles. The van der Waals surface area contributed by atoms with E-state index in [-0.39, 0.29) is 33.8 Å². The molecular weight excluding hydrogens is 356 g/mol. The number of aromatic nitrogens is 4. The lowest BCUT2D eigenvalue weighted by atomic mass is 10.0.